The molecule has 0 radical (unpaired) electrons. The second kappa shape index (κ2) is 5.67. The Hall–Kier alpha value is -0.560. The van der Waals surface area contributed by atoms with E-state index in [1.165, 1.54) is 18.4 Å². The molecule has 1 aliphatic rings. The number of hydrogen-bond donors (Lipinski definition) is 1. The summed E-state index contributed by atoms with van der Waals surface area (Å²) in [5.41, 5.74) is 1.63. The molecule has 0 aliphatic heterocycles. The van der Waals surface area contributed by atoms with E-state index in [-0.39, 0.29) is 6.10 Å². The van der Waals surface area contributed by atoms with Crippen LogP contribution in [0.3, 0.4) is 0 Å². The summed E-state index contributed by atoms with van der Waals surface area (Å²) in [7, 11) is 0. The van der Waals surface area contributed by atoms with Gasteiger partial charge in [0.15, 0.2) is 0 Å². The Morgan fingerprint density at radius 3 is 2.75 bits per heavy atom. The molecular formula is C15H26O. The van der Waals surface area contributed by atoms with Crippen LogP contribution in [0, 0.1) is 11.3 Å². The van der Waals surface area contributed by atoms with Crippen molar-refractivity contribution >= 4 is 0 Å². The molecule has 0 bridgehead atoms. The maximum absolute atomic E-state index is 9.88. The number of aliphatic hydroxyl groups excluding tert-OH is 1. The third-order valence-electron chi connectivity index (χ3n) is 3.36. The Labute approximate surface area is 100 Å². The maximum Gasteiger partial charge on any atom is 0.0728 e. The van der Waals surface area contributed by atoms with Crippen LogP contribution in [0.2, 0.25) is 0 Å². The highest BCUT2D eigenvalue weighted by Gasteiger charge is 2.15. The Morgan fingerprint density at radius 2 is 2.06 bits per heavy atom. The van der Waals surface area contributed by atoms with E-state index in [0.29, 0.717) is 11.3 Å². The predicted octanol–water partition coefficient (Wildman–Crippen LogP) is 4.09. The molecule has 92 valence electrons. The third-order valence-corrected chi connectivity index (χ3v) is 3.36. The molecule has 0 fully saturated rings. The van der Waals surface area contributed by atoms with Crippen LogP contribution in [0.15, 0.2) is 23.8 Å². The van der Waals surface area contributed by atoms with Crippen molar-refractivity contribution in [2.75, 3.05) is 0 Å². The molecule has 0 heterocycles. The van der Waals surface area contributed by atoms with Crippen molar-refractivity contribution in [1.82, 2.24) is 0 Å². The smallest absolute Gasteiger partial charge is 0.0728 e. The van der Waals surface area contributed by atoms with Gasteiger partial charge in [-0.15, -0.1) is 0 Å². The number of aliphatic hydroxyl groups is 1. The van der Waals surface area contributed by atoms with Gasteiger partial charge in [-0.05, 0) is 43.9 Å². The van der Waals surface area contributed by atoms with E-state index in [9.17, 15) is 5.11 Å². The highest BCUT2D eigenvalue weighted by molar-refractivity contribution is 5.05. The van der Waals surface area contributed by atoms with Crippen molar-refractivity contribution in [1.29, 1.82) is 0 Å². The Morgan fingerprint density at radius 1 is 1.38 bits per heavy atom. The molecule has 16 heavy (non-hydrogen) atoms. The second-order valence-corrected chi connectivity index (χ2v) is 5.99. The highest BCUT2D eigenvalue weighted by Crippen LogP contribution is 2.28. The van der Waals surface area contributed by atoms with Gasteiger partial charge in [0, 0.05) is 0 Å². The Bertz CT molecular complexity index is 273. The van der Waals surface area contributed by atoms with E-state index in [1.54, 1.807) is 0 Å². The summed E-state index contributed by atoms with van der Waals surface area (Å²) in [5, 5.41) is 9.88. The van der Waals surface area contributed by atoms with Crippen LogP contribution < -0.4 is 0 Å². The van der Waals surface area contributed by atoms with E-state index < -0.39 is 0 Å². The van der Waals surface area contributed by atoms with Gasteiger partial charge in [0.25, 0.3) is 0 Å². The SMILES string of the molecule is C/C1=C/C(O)CC(C)/C=C/C(C)(C)CCC1. The summed E-state index contributed by atoms with van der Waals surface area (Å²) in [6.07, 6.45) is 10.7. The summed E-state index contributed by atoms with van der Waals surface area (Å²) < 4.78 is 0. The van der Waals surface area contributed by atoms with Crippen LogP contribution in [0.25, 0.3) is 0 Å². The lowest BCUT2D eigenvalue weighted by molar-refractivity contribution is 0.199. The molecule has 1 N–H and O–H groups in total. The van der Waals surface area contributed by atoms with Gasteiger partial charge in [-0.1, -0.05) is 44.6 Å². The van der Waals surface area contributed by atoms with Crippen LogP contribution in [-0.2, 0) is 0 Å². The molecule has 1 rings (SSSR count). The minimum absolute atomic E-state index is 0.277. The minimum Gasteiger partial charge on any atom is -0.389 e. The van der Waals surface area contributed by atoms with Gasteiger partial charge >= 0.3 is 0 Å². The molecular weight excluding hydrogens is 196 g/mol. The van der Waals surface area contributed by atoms with E-state index in [2.05, 4.69) is 39.8 Å². The first kappa shape index (κ1) is 13.5. The van der Waals surface area contributed by atoms with E-state index >= 15 is 0 Å². The quantitative estimate of drug-likeness (QED) is 0.612. The van der Waals surface area contributed by atoms with Crippen molar-refractivity contribution in [3.63, 3.8) is 0 Å². The zero-order valence-corrected chi connectivity index (χ0v) is 11.2. The first-order valence-corrected chi connectivity index (χ1v) is 6.44. The summed E-state index contributed by atoms with van der Waals surface area (Å²) in [6.45, 7) is 8.90. The summed E-state index contributed by atoms with van der Waals surface area (Å²) in [4.78, 5) is 0. The zero-order chi connectivity index (χ0) is 12.2. The van der Waals surface area contributed by atoms with Crippen LogP contribution >= 0.6 is 0 Å². The first-order chi connectivity index (χ1) is 7.39. The van der Waals surface area contributed by atoms with Gasteiger partial charge in [-0.25, -0.2) is 0 Å². The third kappa shape index (κ3) is 4.98. The zero-order valence-electron chi connectivity index (χ0n) is 11.2. The molecule has 0 aromatic rings. The number of hydrogen-bond acceptors (Lipinski definition) is 1. The molecule has 0 saturated carbocycles. The lowest BCUT2D eigenvalue weighted by Crippen LogP contribution is -2.09. The fraction of sp³-hybridized carbons (Fsp3) is 0.733. The number of rotatable bonds is 0. The summed E-state index contributed by atoms with van der Waals surface area (Å²) in [6, 6.07) is 0. The van der Waals surface area contributed by atoms with Gasteiger partial charge in [0.1, 0.15) is 0 Å². The van der Waals surface area contributed by atoms with Gasteiger partial charge < -0.3 is 5.11 Å². The molecule has 1 nitrogen and oxygen atoms in total. The number of allylic oxidation sites excluding steroid dienone is 3. The van der Waals surface area contributed by atoms with Crippen molar-refractivity contribution in [2.45, 2.75) is 59.5 Å². The van der Waals surface area contributed by atoms with E-state index in [0.717, 1.165) is 12.8 Å². The average Bonchev–Trinajstić information content (AvgIpc) is 2.14. The van der Waals surface area contributed by atoms with Crippen LogP contribution in [0.4, 0.5) is 0 Å². The molecule has 0 aromatic carbocycles. The van der Waals surface area contributed by atoms with Crippen molar-refractivity contribution in [3.8, 4) is 0 Å². The molecule has 0 saturated heterocycles. The summed E-state index contributed by atoms with van der Waals surface area (Å²) in [5.74, 6) is 0.455. The lowest BCUT2D eigenvalue weighted by Gasteiger charge is -2.20. The monoisotopic (exact) mass is 222 g/mol. The molecule has 0 spiro atoms. The van der Waals surface area contributed by atoms with Crippen LogP contribution in [0.5, 0.6) is 0 Å². The van der Waals surface area contributed by atoms with Gasteiger partial charge in [-0.3, -0.25) is 0 Å². The highest BCUT2D eigenvalue weighted by atomic mass is 16.3. The Kier molecular flexibility index (Phi) is 4.79. The van der Waals surface area contributed by atoms with Gasteiger partial charge in [0.2, 0.25) is 0 Å². The molecule has 2 unspecified atom stereocenters. The Balaban J connectivity index is 2.76. The lowest BCUT2D eigenvalue weighted by atomic mass is 9.85. The van der Waals surface area contributed by atoms with Crippen LogP contribution in [0.1, 0.15) is 53.4 Å². The molecule has 0 aromatic heterocycles. The fourth-order valence-electron chi connectivity index (χ4n) is 2.27. The van der Waals surface area contributed by atoms with Crippen molar-refractivity contribution < 1.29 is 5.11 Å². The molecule has 1 heteroatoms. The summed E-state index contributed by atoms with van der Waals surface area (Å²) >= 11 is 0. The van der Waals surface area contributed by atoms with Crippen LogP contribution in [-0.4, -0.2) is 11.2 Å². The largest absolute Gasteiger partial charge is 0.389 e. The standard InChI is InChI=1S/C15H26O/c1-12-6-5-8-15(3,4)9-7-13(2)11-14(16)10-12/h7,9-10,13-14,16H,5-6,8,11H2,1-4H3/b9-7+,12-10-. The maximum atomic E-state index is 9.88. The van der Waals surface area contributed by atoms with E-state index in [4.69, 9.17) is 0 Å². The normalized spacial score (nSPS) is 36.9. The predicted molar refractivity (Wildman–Crippen MR) is 70.3 cm³/mol. The second-order valence-electron chi connectivity index (χ2n) is 5.99. The fourth-order valence-corrected chi connectivity index (χ4v) is 2.27. The van der Waals surface area contributed by atoms with E-state index in [1.807, 2.05) is 6.08 Å². The molecule has 2 atom stereocenters. The van der Waals surface area contributed by atoms with Gasteiger partial charge in [0.05, 0.1) is 6.10 Å². The topological polar surface area (TPSA) is 20.2 Å². The first-order valence-electron chi connectivity index (χ1n) is 6.44. The van der Waals surface area contributed by atoms with Crippen molar-refractivity contribution in [3.05, 3.63) is 23.8 Å². The average molecular weight is 222 g/mol. The molecule has 1 aliphatic carbocycles. The van der Waals surface area contributed by atoms with Crippen molar-refractivity contribution in [2.24, 2.45) is 11.3 Å². The minimum atomic E-state index is -0.277. The van der Waals surface area contributed by atoms with Gasteiger partial charge in [-0.2, -0.15) is 0 Å². The molecule has 0 amide bonds.